The molecule has 0 unspecified atom stereocenters. The van der Waals surface area contributed by atoms with E-state index in [1.165, 1.54) is 0 Å². The van der Waals surface area contributed by atoms with Crippen molar-refractivity contribution in [3.63, 3.8) is 0 Å². The molecular weight excluding hydrogens is 216 g/mol. The molecule has 2 N–H and O–H groups in total. The van der Waals surface area contributed by atoms with Crippen LogP contribution in [0.2, 0.25) is 0 Å². The summed E-state index contributed by atoms with van der Waals surface area (Å²) in [6.07, 6.45) is 0. The van der Waals surface area contributed by atoms with Gasteiger partial charge in [-0.25, -0.2) is 0 Å². The molecule has 0 spiro atoms. The predicted octanol–water partition coefficient (Wildman–Crippen LogP) is 3.15. The van der Waals surface area contributed by atoms with Gasteiger partial charge in [-0.2, -0.15) is 0 Å². The summed E-state index contributed by atoms with van der Waals surface area (Å²) >= 11 is 0. The van der Waals surface area contributed by atoms with E-state index in [0.717, 1.165) is 5.56 Å². The third-order valence-corrected chi connectivity index (χ3v) is 2.64. The van der Waals surface area contributed by atoms with E-state index in [0.29, 0.717) is 16.8 Å². The van der Waals surface area contributed by atoms with Gasteiger partial charge < -0.3 is 5.73 Å². The maximum atomic E-state index is 11.1. The number of nitrogens with two attached hydrogens (primary N) is 1. The van der Waals surface area contributed by atoms with Gasteiger partial charge in [0.1, 0.15) is 0 Å². The Morgan fingerprint density at radius 3 is 2.35 bits per heavy atom. The minimum atomic E-state index is -0.346. The molecule has 0 bridgehead atoms. The Kier molecular flexibility index (Phi) is 2.78. The molecule has 4 heteroatoms. The molecule has 0 aromatic heterocycles. The fourth-order valence-corrected chi connectivity index (χ4v) is 1.80. The lowest BCUT2D eigenvalue weighted by Crippen LogP contribution is -1.95. The Balaban J connectivity index is 2.63. The van der Waals surface area contributed by atoms with E-state index in [9.17, 15) is 10.1 Å². The molecule has 0 radical (unpaired) electrons. The van der Waals surface area contributed by atoms with Gasteiger partial charge in [-0.15, -0.1) is 0 Å². The average molecular weight is 228 g/mol. The number of benzene rings is 2. The molecule has 0 aliphatic heterocycles. The van der Waals surface area contributed by atoms with Crippen molar-refractivity contribution in [3.8, 4) is 11.1 Å². The first-order valence-electron chi connectivity index (χ1n) is 5.19. The molecule has 0 fully saturated rings. The topological polar surface area (TPSA) is 69.2 Å². The highest BCUT2D eigenvalue weighted by Crippen LogP contribution is 2.32. The highest BCUT2D eigenvalue weighted by Gasteiger charge is 2.17. The first-order chi connectivity index (χ1) is 8.09. The zero-order valence-electron chi connectivity index (χ0n) is 9.38. The van der Waals surface area contributed by atoms with Crippen LogP contribution in [0.15, 0.2) is 42.5 Å². The number of rotatable bonds is 2. The first kappa shape index (κ1) is 11.1. The summed E-state index contributed by atoms with van der Waals surface area (Å²) in [4.78, 5) is 10.7. The van der Waals surface area contributed by atoms with Crippen molar-refractivity contribution >= 4 is 11.4 Å². The summed E-state index contributed by atoms with van der Waals surface area (Å²) in [6.45, 7) is 1.74. The standard InChI is InChI=1S/C13H12N2O2/c1-9-3-2-4-12(13(9)15(16)17)10-5-7-11(14)8-6-10/h2-8H,14H2,1H3. The molecule has 0 heterocycles. The van der Waals surface area contributed by atoms with Crippen molar-refractivity contribution < 1.29 is 4.92 Å². The summed E-state index contributed by atoms with van der Waals surface area (Å²) < 4.78 is 0. The Hall–Kier alpha value is -2.36. The minimum absolute atomic E-state index is 0.150. The van der Waals surface area contributed by atoms with Crippen LogP contribution in [-0.4, -0.2) is 4.92 Å². The van der Waals surface area contributed by atoms with Gasteiger partial charge in [-0.3, -0.25) is 10.1 Å². The Labute approximate surface area is 98.8 Å². The number of anilines is 1. The molecule has 2 aromatic carbocycles. The highest BCUT2D eigenvalue weighted by molar-refractivity contribution is 5.76. The number of nitro benzene ring substituents is 1. The largest absolute Gasteiger partial charge is 0.399 e. The lowest BCUT2D eigenvalue weighted by atomic mass is 10.0. The van der Waals surface area contributed by atoms with Crippen LogP contribution in [0.4, 0.5) is 11.4 Å². The second-order valence-corrected chi connectivity index (χ2v) is 3.85. The van der Waals surface area contributed by atoms with Crippen LogP contribution in [-0.2, 0) is 0 Å². The number of para-hydroxylation sites is 1. The van der Waals surface area contributed by atoms with Crippen molar-refractivity contribution in [2.45, 2.75) is 6.92 Å². The Bertz CT molecular complexity index is 562. The van der Waals surface area contributed by atoms with Crippen molar-refractivity contribution in [1.82, 2.24) is 0 Å². The summed E-state index contributed by atoms with van der Waals surface area (Å²) in [6, 6.07) is 12.3. The molecule has 2 aromatic rings. The smallest absolute Gasteiger partial charge is 0.280 e. The molecule has 0 aliphatic rings. The van der Waals surface area contributed by atoms with Crippen LogP contribution in [0, 0.1) is 17.0 Å². The molecule has 0 atom stereocenters. The van der Waals surface area contributed by atoms with E-state index < -0.39 is 0 Å². The van der Waals surface area contributed by atoms with Gasteiger partial charge >= 0.3 is 0 Å². The van der Waals surface area contributed by atoms with Crippen molar-refractivity contribution in [2.24, 2.45) is 0 Å². The Morgan fingerprint density at radius 1 is 1.12 bits per heavy atom. The van der Waals surface area contributed by atoms with Crippen molar-refractivity contribution in [3.05, 3.63) is 58.1 Å². The summed E-state index contributed by atoms with van der Waals surface area (Å²) in [5.41, 5.74) is 8.47. The molecule has 86 valence electrons. The van der Waals surface area contributed by atoms with E-state index >= 15 is 0 Å². The summed E-state index contributed by atoms with van der Waals surface area (Å²) in [7, 11) is 0. The second kappa shape index (κ2) is 4.25. The van der Waals surface area contributed by atoms with Crippen LogP contribution < -0.4 is 5.73 Å². The summed E-state index contributed by atoms with van der Waals surface area (Å²) in [5.74, 6) is 0. The number of hydrogen-bond donors (Lipinski definition) is 1. The predicted molar refractivity (Wildman–Crippen MR) is 67.7 cm³/mol. The quantitative estimate of drug-likeness (QED) is 0.487. The van der Waals surface area contributed by atoms with Gasteiger partial charge in [0.25, 0.3) is 5.69 Å². The molecule has 0 saturated carbocycles. The average Bonchev–Trinajstić information content (AvgIpc) is 2.29. The van der Waals surface area contributed by atoms with E-state index in [1.807, 2.05) is 6.07 Å². The van der Waals surface area contributed by atoms with E-state index in [1.54, 1.807) is 43.3 Å². The third-order valence-electron chi connectivity index (χ3n) is 2.64. The number of nitro groups is 1. The molecule has 17 heavy (non-hydrogen) atoms. The fourth-order valence-electron chi connectivity index (χ4n) is 1.80. The second-order valence-electron chi connectivity index (χ2n) is 3.85. The molecule has 0 aliphatic carbocycles. The van der Waals surface area contributed by atoms with Gasteiger partial charge in [0.15, 0.2) is 0 Å². The van der Waals surface area contributed by atoms with Gasteiger partial charge in [-0.1, -0.05) is 24.3 Å². The maximum absolute atomic E-state index is 11.1. The lowest BCUT2D eigenvalue weighted by Gasteiger charge is -2.05. The number of hydrogen-bond acceptors (Lipinski definition) is 3. The van der Waals surface area contributed by atoms with Crippen molar-refractivity contribution in [2.75, 3.05) is 5.73 Å². The minimum Gasteiger partial charge on any atom is -0.399 e. The van der Waals surface area contributed by atoms with Gasteiger partial charge in [0.2, 0.25) is 0 Å². The third kappa shape index (κ3) is 2.10. The fraction of sp³-hybridized carbons (Fsp3) is 0.0769. The van der Waals surface area contributed by atoms with Gasteiger partial charge in [-0.05, 0) is 30.7 Å². The number of nitrogens with zero attached hydrogens (tertiary/aromatic N) is 1. The molecule has 0 saturated heterocycles. The van der Waals surface area contributed by atoms with Gasteiger partial charge in [0, 0.05) is 11.3 Å². The molecular formula is C13H12N2O2. The molecule has 2 rings (SSSR count). The van der Waals surface area contributed by atoms with Crippen molar-refractivity contribution in [1.29, 1.82) is 0 Å². The Morgan fingerprint density at radius 2 is 1.76 bits per heavy atom. The van der Waals surface area contributed by atoms with Crippen LogP contribution in [0.5, 0.6) is 0 Å². The van der Waals surface area contributed by atoms with E-state index in [2.05, 4.69) is 0 Å². The summed E-state index contributed by atoms with van der Waals surface area (Å²) in [5, 5.41) is 11.1. The zero-order valence-corrected chi connectivity index (χ0v) is 9.38. The SMILES string of the molecule is Cc1cccc(-c2ccc(N)cc2)c1[N+](=O)[O-]. The molecule has 0 amide bonds. The molecule has 4 nitrogen and oxygen atoms in total. The van der Waals surface area contributed by atoms with Crippen LogP contribution >= 0.6 is 0 Å². The number of aryl methyl sites for hydroxylation is 1. The van der Waals surface area contributed by atoms with Crippen LogP contribution in [0.1, 0.15) is 5.56 Å². The van der Waals surface area contributed by atoms with Crippen LogP contribution in [0.25, 0.3) is 11.1 Å². The normalized spacial score (nSPS) is 10.2. The zero-order chi connectivity index (χ0) is 12.4. The lowest BCUT2D eigenvalue weighted by molar-refractivity contribution is -0.384. The van der Waals surface area contributed by atoms with Crippen LogP contribution in [0.3, 0.4) is 0 Å². The highest BCUT2D eigenvalue weighted by atomic mass is 16.6. The monoisotopic (exact) mass is 228 g/mol. The van der Waals surface area contributed by atoms with E-state index in [4.69, 9.17) is 5.73 Å². The number of nitrogen functional groups attached to an aromatic ring is 1. The first-order valence-corrected chi connectivity index (χ1v) is 5.19. The van der Waals surface area contributed by atoms with Gasteiger partial charge in [0.05, 0.1) is 10.5 Å². The van der Waals surface area contributed by atoms with E-state index in [-0.39, 0.29) is 10.6 Å². The maximum Gasteiger partial charge on any atom is 0.280 e.